The Bertz CT molecular complexity index is 708. The molecule has 0 atom stereocenters. The van der Waals surface area contributed by atoms with Crippen LogP contribution in [-0.2, 0) is 12.0 Å². The molecule has 2 amide bonds. The number of benzene rings is 2. The third-order valence-corrected chi connectivity index (χ3v) is 3.74. The highest BCUT2D eigenvalue weighted by atomic mass is 16.5. The number of urea groups is 1. The van der Waals surface area contributed by atoms with Crippen LogP contribution in [0.4, 0.5) is 10.5 Å². The number of nitrogens with one attached hydrogen (secondary N) is 2. The Kier molecular flexibility index (Phi) is 6.42. The molecule has 0 spiro atoms. The Morgan fingerprint density at radius 2 is 1.76 bits per heavy atom. The first kappa shape index (κ1) is 18.8. The van der Waals surface area contributed by atoms with Crippen molar-refractivity contribution >= 4 is 11.7 Å². The fourth-order valence-electron chi connectivity index (χ4n) is 2.53. The Hall–Kier alpha value is -2.53. The minimum atomic E-state index is -0.270. The Morgan fingerprint density at radius 3 is 2.48 bits per heavy atom. The van der Waals surface area contributed by atoms with Crippen LogP contribution in [0.1, 0.15) is 31.9 Å². The van der Waals surface area contributed by atoms with Gasteiger partial charge < -0.3 is 20.5 Å². The second-order valence-electron chi connectivity index (χ2n) is 6.78. The van der Waals surface area contributed by atoms with Gasteiger partial charge >= 0.3 is 6.03 Å². The first-order valence-corrected chi connectivity index (χ1v) is 8.37. The number of hydrogen-bond acceptors (Lipinski definition) is 3. The SMILES string of the molecule is CC(C)(C)c1ccccc1NC(=O)NCc1ccccc1OCCO. The largest absolute Gasteiger partial charge is 0.491 e. The molecule has 5 nitrogen and oxygen atoms in total. The zero-order chi connectivity index (χ0) is 18.3. The molecule has 2 aromatic carbocycles. The highest BCUT2D eigenvalue weighted by Gasteiger charge is 2.18. The summed E-state index contributed by atoms with van der Waals surface area (Å²) in [7, 11) is 0. The quantitative estimate of drug-likeness (QED) is 0.750. The van der Waals surface area contributed by atoms with Crippen LogP contribution in [0.15, 0.2) is 48.5 Å². The molecule has 0 saturated carbocycles. The average Bonchev–Trinajstić information content (AvgIpc) is 2.58. The van der Waals surface area contributed by atoms with Crippen molar-refractivity contribution in [3.8, 4) is 5.75 Å². The van der Waals surface area contributed by atoms with Crippen LogP contribution in [0, 0.1) is 0 Å². The van der Waals surface area contributed by atoms with Crippen LogP contribution >= 0.6 is 0 Å². The Labute approximate surface area is 149 Å². The number of hydrogen-bond donors (Lipinski definition) is 3. The van der Waals surface area contributed by atoms with E-state index in [1.165, 1.54) is 0 Å². The maximum Gasteiger partial charge on any atom is 0.319 e. The summed E-state index contributed by atoms with van der Waals surface area (Å²) in [5.41, 5.74) is 2.68. The van der Waals surface area contributed by atoms with E-state index in [2.05, 4.69) is 31.4 Å². The Balaban J connectivity index is 2.01. The van der Waals surface area contributed by atoms with E-state index >= 15 is 0 Å². The van der Waals surface area contributed by atoms with Crippen molar-refractivity contribution in [2.45, 2.75) is 32.7 Å². The van der Waals surface area contributed by atoms with Gasteiger partial charge in [0.15, 0.2) is 0 Å². The van der Waals surface area contributed by atoms with E-state index in [1.807, 2.05) is 48.5 Å². The molecule has 25 heavy (non-hydrogen) atoms. The van der Waals surface area contributed by atoms with Gasteiger partial charge in [-0.3, -0.25) is 0 Å². The third kappa shape index (κ3) is 5.50. The highest BCUT2D eigenvalue weighted by molar-refractivity contribution is 5.90. The number of amides is 2. The van der Waals surface area contributed by atoms with Crippen molar-refractivity contribution < 1.29 is 14.6 Å². The number of rotatable bonds is 6. The number of carbonyl (C=O) groups is 1. The smallest absolute Gasteiger partial charge is 0.319 e. The molecule has 134 valence electrons. The van der Waals surface area contributed by atoms with Gasteiger partial charge in [0, 0.05) is 17.8 Å². The van der Waals surface area contributed by atoms with E-state index in [0.717, 1.165) is 16.8 Å². The molecule has 2 aromatic rings. The van der Waals surface area contributed by atoms with Crippen LogP contribution in [-0.4, -0.2) is 24.4 Å². The molecule has 0 unspecified atom stereocenters. The summed E-state index contributed by atoms with van der Waals surface area (Å²) < 4.78 is 5.48. The number of para-hydroxylation sites is 2. The molecule has 0 bridgehead atoms. The fraction of sp³-hybridized carbons (Fsp3) is 0.350. The van der Waals surface area contributed by atoms with E-state index < -0.39 is 0 Å². The van der Waals surface area contributed by atoms with Crippen LogP contribution in [0.2, 0.25) is 0 Å². The normalized spacial score (nSPS) is 11.0. The summed E-state index contributed by atoms with van der Waals surface area (Å²) in [6.45, 7) is 6.85. The van der Waals surface area contributed by atoms with Gasteiger partial charge in [0.1, 0.15) is 12.4 Å². The lowest BCUT2D eigenvalue weighted by molar-refractivity contribution is 0.200. The van der Waals surface area contributed by atoms with Crippen molar-refractivity contribution in [2.75, 3.05) is 18.5 Å². The predicted molar refractivity (Wildman–Crippen MR) is 100 cm³/mol. The van der Waals surface area contributed by atoms with Crippen molar-refractivity contribution in [3.05, 3.63) is 59.7 Å². The Morgan fingerprint density at radius 1 is 1.08 bits per heavy atom. The van der Waals surface area contributed by atoms with Gasteiger partial charge in [-0.2, -0.15) is 0 Å². The summed E-state index contributed by atoms with van der Waals surface area (Å²) in [5, 5.41) is 14.7. The number of carbonyl (C=O) groups excluding carboxylic acids is 1. The van der Waals surface area contributed by atoms with E-state index in [1.54, 1.807) is 0 Å². The molecule has 5 heteroatoms. The van der Waals surface area contributed by atoms with Gasteiger partial charge in [0.05, 0.1) is 6.61 Å². The fourth-order valence-corrected chi connectivity index (χ4v) is 2.53. The second kappa shape index (κ2) is 8.53. The summed E-state index contributed by atoms with van der Waals surface area (Å²) in [6.07, 6.45) is 0. The maximum absolute atomic E-state index is 12.3. The van der Waals surface area contributed by atoms with E-state index in [4.69, 9.17) is 9.84 Å². The second-order valence-corrected chi connectivity index (χ2v) is 6.78. The van der Waals surface area contributed by atoms with Gasteiger partial charge in [-0.1, -0.05) is 57.2 Å². The summed E-state index contributed by atoms with van der Waals surface area (Å²) >= 11 is 0. The number of aliphatic hydroxyl groups excluding tert-OH is 1. The predicted octanol–water partition coefficient (Wildman–Crippen LogP) is 3.68. The lowest BCUT2D eigenvalue weighted by Crippen LogP contribution is -2.29. The molecule has 2 rings (SSSR count). The van der Waals surface area contributed by atoms with Gasteiger partial charge in [-0.05, 0) is 23.1 Å². The van der Waals surface area contributed by atoms with Crippen molar-refractivity contribution in [1.82, 2.24) is 5.32 Å². The summed E-state index contributed by atoms with van der Waals surface area (Å²) in [5.74, 6) is 0.659. The molecule has 0 aromatic heterocycles. The molecular formula is C20H26N2O3. The molecule has 0 aliphatic carbocycles. The first-order chi connectivity index (χ1) is 11.9. The van der Waals surface area contributed by atoms with E-state index in [9.17, 15) is 4.79 Å². The minimum absolute atomic E-state index is 0.0498. The third-order valence-electron chi connectivity index (χ3n) is 3.74. The topological polar surface area (TPSA) is 70.6 Å². The van der Waals surface area contributed by atoms with Crippen molar-refractivity contribution in [3.63, 3.8) is 0 Å². The van der Waals surface area contributed by atoms with Crippen LogP contribution in [0.25, 0.3) is 0 Å². The molecule has 0 heterocycles. The van der Waals surface area contributed by atoms with Crippen LogP contribution in [0.5, 0.6) is 5.75 Å². The molecule has 0 aliphatic rings. The minimum Gasteiger partial charge on any atom is -0.491 e. The van der Waals surface area contributed by atoms with E-state index in [-0.39, 0.29) is 24.7 Å². The monoisotopic (exact) mass is 342 g/mol. The van der Waals surface area contributed by atoms with Crippen LogP contribution < -0.4 is 15.4 Å². The lowest BCUT2D eigenvalue weighted by Gasteiger charge is -2.23. The highest BCUT2D eigenvalue weighted by Crippen LogP contribution is 2.29. The zero-order valence-electron chi connectivity index (χ0n) is 15.0. The molecule has 0 aliphatic heterocycles. The van der Waals surface area contributed by atoms with Crippen LogP contribution in [0.3, 0.4) is 0 Å². The molecule has 0 radical (unpaired) electrons. The molecule has 0 saturated heterocycles. The molecule has 3 N–H and O–H groups in total. The number of aliphatic hydroxyl groups is 1. The van der Waals surface area contributed by atoms with Crippen molar-refractivity contribution in [1.29, 1.82) is 0 Å². The zero-order valence-corrected chi connectivity index (χ0v) is 15.0. The first-order valence-electron chi connectivity index (χ1n) is 8.37. The molecular weight excluding hydrogens is 316 g/mol. The summed E-state index contributed by atoms with van der Waals surface area (Å²) in [6, 6.07) is 15.0. The summed E-state index contributed by atoms with van der Waals surface area (Å²) in [4.78, 5) is 12.3. The van der Waals surface area contributed by atoms with Gasteiger partial charge in [0.25, 0.3) is 0 Å². The lowest BCUT2D eigenvalue weighted by atomic mass is 9.86. The molecule has 0 fully saturated rings. The van der Waals surface area contributed by atoms with Crippen molar-refractivity contribution in [2.24, 2.45) is 0 Å². The average molecular weight is 342 g/mol. The van der Waals surface area contributed by atoms with E-state index in [0.29, 0.717) is 12.3 Å². The van der Waals surface area contributed by atoms with Gasteiger partial charge in [-0.25, -0.2) is 4.79 Å². The number of anilines is 1. The van der Waals surface area contributed by atoms with Gasteiger partial charge in [0.2, 0.25) is 0 Å². The number of ether oxygens (including phenoxy) is 1. The van der Waals surface area contributed by atoms with Gasteiger partial charge in [-0.15, -0.1) is 0 Å². The standard InChI is InChI=1S/C20H26N2O3/c1-20(2,3)16-9-5-6-10-17(16)22-19(24)21-14-15-8-4-7-11-18(15)25-13-12-23/h4-11,23H,12-14H2,1-3H3,(H2,21,22,24). The maximum atomic E-state index is 12.3.